The number of aromatic amines is 1. The average Bonchev–Trinajstić information content (AvgIpc) is 2.48. The number of nitrogens with zero attached hydrogens (tertiary/aromatic N) is 2. The molecule has 0 saturated heterocycles. The lowest BCUT2D eigenvalue weighted by Crippen LogP contribution is -2.28. The fourth-order valence-electron chi connectivity index (χ4n) is 1.69. The Labute approximate surface area is 91.7 Å². The zero-order valence-corrected chi connectivity index (χ0v) is 10.2. The maximum atomic E-state index is 6.05. The Bertz CT molecular complexity index is 298. The van der Waals surface area contributed by atoms with Gasteiger partial charge < -0.3 is 5.73 Å². The molecule has 1 aromatic rings. The SMILES string of the molecule is CCc1n[nH]c(CC(N)CC(C)(C)C)n1. The first-order valence-corrected chi connectivity index (χ1v) is 5.56. The Morgan fingerprint density at radius 2 is 2.07 bits per heavy atom. The molecule has 0 aromatic carbocycles. The third-order valence-corrected chi connectivity index (χ3v) is 2.22. The van der Waals surface area contributed by atoms with E-state index in [0.717, 1.165) is 30.9 Å². The Morgan fingerprint density at radius 1 is 1.40 bits per heavy atom. The van der Waals surface area contributed by atoms with E-state index >= 15 is 0 Å². The summed E-state index contributed by atoms with van der Waals surface area (Å²) < 4.78 is 0. The van der Waals surface area contributed by atoms with Crippen LogP contribution < -0.4 is 5.73 Å². The maximum Gasteiger partial charge on any atom is 0.150 e. The second-order valence-corrected chi connectivity index (χ2v) is 5.28. The molecule has 0 spiro atoms. The second kappa shape index (κ2) is 4.75. The highest BCUT2D eigenvalue weighted by molar-refractivity contribution is 4.93. The van der Waals surface area contributed by atoms with E-state index in [2.05, 4.69) is 36.0 Å². The lowest BCUT2D eigenvalue weighted by Gasteiger charge is -2.22. The minimum absolute atomic E-state index is 0.155. The van der Waals surface area contributed by atoms with Crippen LogP contribution in [0.25, 0.3) is 0 Å². The minimum Gasteiger partial charge on any atom is -0.327 e. The molecule has 0 amide bonds. The molecule has 0 aliphatic rings. The van der Waals surface area contributed by atoms with Gasteiger partial charge in [0.05, 0.1) is 0 Å². The number of nitrogens with two attached hydrogens (primary N) is 1. The normalized spacial score (nSPS) is 14.2. The van der Waals surface area contributed by atoms with Crippen LogP contribution in [0.4, 0.5) is 0 Å². The van der Waals surface area contributed by atoms with E-state index in [4.69, 9.17) is 5.73 Å². The van der Waals surface area contributed by atoms with Crippen molar-refractivity contribution < 1.29 is 0 Å². The molecule has 15 heavy (non-hydrogen) atoms. The molecule has 0 aliphatic heterocycles. The van der Waals surface area contributed by atoms with Gasteiger partial charge in [-0.1, -0.05) is 27.7 Å². The predicted molar refractivity (Wildman–Crippen MR) is 61.5 cm³/mol. The first-order chi connectivity index (χ1) is 6.90. The summed E-state index contributed by atoms with van der Waals surface area (Å²) in [4.78, 5) is 4.35. The molecule has 0 radical (unpaired) electrons. The van der Waals surface area contributed by atoms with Crippen LogP contribution in [0.3, 0.4) is 0 Å². The van der Waals surface area contributed by atoms with Gasteiger partial charge >= 0.3 is 0 Å². The van der Waals surface area contributed by atoms with E-state index < -0.39 is 0 Å². The molecule has 0 aliphatic carbocycles. The third kappa shape index (κ3) is 4.42. The monoisotopic (exact) mass is 210 g/mol. The number of H-pyrrole nitrogens is 1. The average molecular weight is 210 g/mol. The van der Waals surface area contributed by atoms with Crippen molar-refractivity contribution in [3.63, 3.8) is 0 Å². The van der Waals surface area contributed by atoms with Crippen LogP contribution >= 0.6 is 0 Å². The molecule has 3 N–H and O–H groups in total. The Morgan fingerprint density at radius 3 is 2.53 bits per heavy atom. The minimum atomic E-state index is 0.155. The Balaban J connectivity index is 2.47. The second-order valence-electron chi connectivity index (χ2n) is 5.28. The van der Waals surface area contributed by atoms with Gasteiger partial charge in [0.1, 0.15) is 11.6 Å². The summed E-state index contributed by atoms with van der Waals surface area (Å²) in [6.07, 6.45) is 2.64. The summed E-state index contributed by atoms with van der Waals surface area (Å²) in [5.74, 6) is 1.77. The standard InChI is InChI=1S/C11H22N4/c1-5-9-13-10(15-14-9)6-8(12)7-11(2,3)4/h8H,5-7,12H2,1-4H3,(H,13,14,15). The molecular weight excluding hydrogens is 188 g/mol. The van der Waals surface area contributed by atoms with Gasteiger partial charge in [-0.15, -0.1) is 0 Å². The summed E-state index contributed by atoms with van der Waals surface area (Å²) >= 11 is 0. The predicted octanol–water partition coefficient (Wildman–Crippen LogP) is 1.67. The number of rotatable bonds is 4. The van der Waals surface area contributed by atoms with Crippen molar-refractivity contribution in [2.75, 3.05) is 0 Å². The van der Waals surface area contributed by atoms with Gasteiger partial charge in [0, 0.05) is 18.9 Å². The maximum absolute atomic E-state index is 6.05. The van der Waals surface area contributed by atoms with Gasteiger partial charge in [-0.2, -0.15) is 5.10 Å². The largest absolute Gasteiger partial charge is 0.327 e. The van der Waals surface area contributed by atoms with E-state index in [1.807, 2.05) is 6.92 Å². The van der Waals surface area contributed by atoms with Crippen molar-refractivity contribution in [3.05, 3.63) is 11.6 Å². The molecule has 4 heteroatoms. The zero-order chi connectivity index (χ0) is 11.5. The topological polar surface area (TPSA) is 67.6 Å². The van der Waals surface area contributed by atoms with E-state index in [-0.39, 0.29) is 11.5 Å². The summed E-state index contributed by atoms with van der Waals surface area (Å²) in [7, 11) is 0. The van der Waals surface area contributed by atoms with E-state index in [1.165, 1.54) is 0 Å². The number of hydrogen-bond acceptors (Lipinski definition) is 3. The van der Waals surface area contributed by atoms with E-state index in [0.29, 0.717) is 0 Å². The van der Waals surface area contributed by atoms with Gasteiger partial charge in [0.15, 0.2) is 0 Å². The molecule has 0 fully saturated rings. The highest BCUT2D eigenvalue weighted by Crippen LogP contribution is 2.20. The van der Waals surface area contributed by atoms with Crippen LogP contribution in [0.15, 0.2) is 0 Å². The molecule has 1 heterocycles. The number of nitrogens with one attached hydrogen (secondary N) is 1. The van der Waals surface area contributed by atoms with Crippen LogP contribution in [0.5, 0.6) is 0 Å². The van der Waals surface area contributed by atoms with Gasteiger partial charge in [-0.05, 0) is 11.8 Å². The van der Waals surface area contributed by atoms with Crippen molar-refractivity contribution >= 4 is 0 Å². The quantitative estimate of drug-likeness (QED) is 0.794. The molecule has 86 valence electrons. The molecule has 1 atom stereocenters. The van der Waals surface area contributed by atoms with Gasteiger partial charge in [-0.25, -0.2) is 4.98 Å². The summed E-state index contributed by atoms with van der Waals surface area (Å²) in [6.45, 7) is 8.64. The highest BCUT2D eigenvalue weighted by atomic mass is 15.2. The lowest BCUT2D eigenvalue weighted by molar-refractivity contribution is 0.336. The molecule has 1 aromatic heterocycles. The van der Waals surface area contributed by atoms with Crippen molar-refractivity contribution in [1.29, 1.82) is 0 Å². The molecule has 0 saturated carbocycles. The highest BCUT2D eigenvalue weighted by Gasteiger charge is 2.17. The summed E-state index contributed by atoms with van der Waals surface area (Å²) in [5.41, 5.74) is 6.33. The molecule has 1 unspecified atom stereocenters. The number of aryl methyl sites for hydroxylation is 1. The molecule has 4 nitrogen and oxygen atoms in total. The third-order valence-electron chi connectivity index (χ3n) is 2.22. The molecular formula is C11H22N4. The fourth-order valence-corrected chi connectivity index (χ4v) is 1.69. The summed E-state index contributed by atoms with van der Waals surface area (Å²) in [6, 6.07) is 0.155. The van der Waals surface area contributed by atoms with Crippen LogP contribution in [-0.2, 0) is 12.8 Å². The molecule has 0 bridgehead atoms. The zero-order valence-electron chi connectivity index (χ0n) is 10.2. The van der Waals surface area contributed by atoms with E-state index in [9.17, 15) is 0 Å². The lowest BCUT2D eigenvalue weighted by atomic mass is 9.87. The van der Waals surface area contributed by atoms with Gasteiger partial charge in [0.25, 0.3) is 0 Å². The van der Waals surface area contributed by atoms with Crippen molar-refractivity contribution in [1.82, 2.24) is 15.2 Å². The van der Waals surface area contributed by atoms with Crippen LogP contribution in [0.2, 0.25) is 0 Å². The van der Waals surface area contributed by atoms with Crippen LogP contribution in [0.1, 0.15) is 45.8 Å². The van der Waals surface area contributed by atoms with E-state index in [1.54, 1.807) is 0 Å². The van der Waals surface area contributed by atoms with Gasteiger partial charge in [0.2, 0.25) is 0 Å². The number of aromatic nitrogens is 3. The van der Waals surface area contributed by atoms with Crippen LogP contribution in [-0.4, -0.2) is 21.2 Å². The van der Waals surface area contributed by atoms with Gasteiger partial charge in [-0.3, -0.25) is 5.10 Å². The summed E-state index contributed by atoms with van der Waals surface area (Å²) in [5, 5.41) is 7.02. The van der Waals surface area contributed by atoms with Crippen LogP contribution in [0, 0.1) is 5.41 Å². The van der Waals surface area contributed by atoms with Crippen molar-refractivity contribution in [2.45, 2.75) is 53.0 Å². The van der Waals surface area contributed by atoms with Crippen molar-refractivity contribution in [2.24, 2.45) is 11.1 Å². The van der Waals surface area contributed by atoms with Crippen molar-refractivity contribution in [3.8, 4) is 0 Å². The number of hydrogen-bond donors (Lipinski definition) is 2. The Hall–Kier alpha value is -0.900. The fraction of sp³-hybridized carbons (Fsp3) is 0.818. The smallest absolute Gasteiger partial charge is 0.150 e. The molecule has 1 rings (SSSR count). The first-order valence-electron chi connectivity index (χ1n) is 5.56. The Kier molecular flexibility index (Phi) is 3.85. The first kappa shape index (κ1) is 12.2.